The summed E-state index contributed by atoms with van der Waals surface area (Å²) in [6.45, 7) is 5.25. The van der Waals surface area contributed by atoms with Crippen LogP contribution in [0.3, 0.4) is 0 Å². The first-order valence-electron chi connectivity index (χ1n) is 9.51. The Morgan fingerprint density at radius 3 is 2.61 bits per heavy atom. The van der Waals surface area contributed by atoms with Crippen LogP contribution in [0, 0.1) is 13.8 Å². The molecule has 2 aromatic carbocycles. The van der Waals surface area contributed by atoms with Gasteiger partial charge >= 0.3 is 0 Å². The molecule has 2 N–H and O–H groups in total. The monoisotopic (exact) mass is 381 g/mol. The highest BCUT2D eigenvalue weighted by molar-refractivity contribution is 6.10. The fraction of sp³-hybridized carbons (Fsp3) is 0.364. The van der Waals surface area contributed by atoms with E-state index in [9.17, 15) is 4.79 Å². The molecule has 0 saturated carbocycles. The van der Waals surface area contributed by atoms with Crippen LogP contribution in [0.4, 0.5) is 5.69 Å². The van der Waals surface area contributed by atoms with Gasteiger partial charge in [-0.25, -0.2) is 4.99 Å². The van der Waals surface area contributed by atoms with Crippen LogP contribution in [0.1, 0.15) is 34.3 Å². The molecule has 1 amide bonds. The van der Waals surface area contributed by atoms with Gasteiger partial charge in [0.05, 0.1) is 25.4 Å². The zero-order valence-corrected chi connectivity index (χ0v) is 16.6. The Balaban J connectivity index is 1.80. The fourth-order valence-corrected chi connectivity index (χ4v) is 3.02. The van der Waals surface area contributed by atoms with Crippen LogP contribution < -0.4 is 15.4 Å². The number of hydrogen-bond acceptors (Lipinski definition) is 4. The molecule has 28 heavy (non-hydrogen) atoms. The number of amides is 1. The van der Waals surface area contributed by atoms with E-state index in [0.29, 0.717) is 23.8 Å². The van der Waals surface area contributed by atoms with E-state index in [1.807, 2.05) is 44.2 Å². The van der Waals surface area contributed by atoms with Crippen LogP contribution in [0.15, 0.2) is 47.5 Å². The largest absolute Gasteiger partial charge is 0.495 e. The Morgan fingerprint density at radius 1 is 1.18 bits per heavy atom. The Hall–Kier alpha value is -2.86. The second-order valence-electron chi connectivity index (χ2n) is 6.97. The molecule has 0 unspecified atom stereocenters. The van der Waals surface area contributed by atoms with Crippen molar-refractivity contribution in [1.82, 2.24) is 5.32 Å². The molecule has 1 aliphatic heterocycles. The Bertz CT molecular complexity index is 841. The van der Waals surface area contributed by atoms with Crippen LogP contribution in [0.2, 0.25) is 0 Å². The van der Waals surface area contributed by atoms with E-state index >= 15 is 0 Å². The van der Waals surface area contributed by atoms with Gasteiger partial charge in [-0.2, -0.15) is 0 Å². The molecular formula is C22H27N3O3. The first-order chi connectivity index (χ1) is 13.5. The summed E-state index contributed by atoms with van der Waals surface area (Å²) in [6.07, 6.45) is 2.12. The Labute approximate surface area is 166 Å². The number of guanidine groups is 1. The van der Waals surface area contributed by atoms with E-state index in [0.717, 1.165) is 36.3 Å². The summed E-state index contributed by atoms with van der Waals surface area (Å²) in [5.74, 6) is 0.843. The third kappa shape index (κ3) is 5.33. The number of anilines is 1. The SMILES string of the molecule is COc1ccc(C)cc1NC(=NC[C@H]1CCCO1)NC(=O)c1ccc(C)cc1. The molecule has 0 spiro atoms. The molecule has 6 heteroatoms. The van der Waals surface area contributed by atoms with Crippen molar-refractivity contribution in [2.24, 2.45) is 4.99 Å². The molecule has 1 aliphatic rings. The minimum absolute atomic E-state index is 0.0903. The number of nitrogens with one attached hydrogen (secondary N) is 2. The lowest BCUT2D eigenvalue weighted by Crippen LogP contribution is -2.37. The van der Waals surface area contributed by atoms with Gasteiger partial charge in [-0.05, 0) is 56.5 Å². The number of nitrogens with zero attached hydrogens (tertiary/aromatic N) is 1. The summed E-state index contributed by atoms with van der Waals surface area (Å²) in [4.78, 5) is 17.3. The summed E-state index contributed by atoms with van der Waals surface area (Å²) in [7, 11) is 1.61. The lowest BCUT2D eigenvalue weighted by atomic mass is 10.1. The first kappa shape index (κ1) is 19.9. The van der Waals surface area contributed by atoms with Crippen LogP contribution in [-0.4, -0.2) is 38.2 Å². The maximum atomic E-state index is 12.7. The summed E-state index contributed by atoms with van der Waals surface area (Å²) in [5, 5.41) is 6.10. The van der Waals surface area contributed by atoms with Crippen LogP contribution >= 0.6 is 0 Å². The number of methoxy groups -OCH3 is 1. The van der Waals surface area contributed by atoms with E-state index < -0.39 is 0 Å². The molecule has 1 atom stereocenters. The van der Waals surface area contributed by atoms with Gasteiger partial charge in [0.15, 0.2) is 0 Å². The summed E-state index contributed by atoms with van der Waals surface area (Å²) in [6, 6.07) is 13.2. The van der Waals surface area contributed by atoms with Gasteiger partial charge < -0.3 is 14.8 Å². The number of benzene rings is 2. The van der Waals surface area contributed by atoms with Crippen molar-refractivity contribution in [3.63, 3.8) is 0 Å². The molecule has 3 rings (SSSR count). The van der Waals surface area contributed by atoms with Gasteiger partial charge in [-0.3, -0.25) is 10.1 Å². The Kier molecular flexibility index (Phi) is 6.66. The lowest BCUT2D eigenvalue weighted by Gasteiger charge is -2.16. The number of ether oxygens (including phenoxy) is 2. The molecule has 2 aromatic rings. The lowest BCUT2D eigenvalue weighted by molar-refractivity contribution is 0.0975. The zero-order chi connectivity index (χ0) is 19.9. The van der Waals surface area contributed by atoms with Crippen molar-refractivity contribution in [1.29, 1.82) is 0 Å². The predicted octanol–water partition coefficient (Wildman–Crippen LogP) is 3.69. The van der Waals surface area contributed by atoms with Crippen molar-refractivity contribution >= 4 is 17.6 Å². The van der Waals surface area contributed by atoms with Crippen LogP contribution in [0.5, 0.6) is 5.75 Å². The highest BCUT2D eigenvalue weighted by Crippen LogP contribution is 2.25. The quantitative estimate of drug-likeness (QED) is 0.612. The summed E-state index contributed by atoms with van der Waals surface area (Å²) in [5.41, 5.74) is 3.50. The third-order valence-electron chi connectivity index (χ3n) is 4.63. The van der Waals surface area contributed by atoms with Crippen LogP contribution in [0.25, 0.3) is 0 Å². The summed E-state index contributed by atoms with van der Waals surface area (Å²) >= 11 is 0. The molecule has 1 heterocycles. The average Bonchev–Trinajstić information content (AvgIpc) is 3.20. The number of hydrogen-bond donors (Lipinski definition) is 2. The molecule has 0 radical (unpaired) electrons. The molecule has 148 valence electrons. The molecule has 6 nitrogen and oxygen atoms in total. The molecule has 0 aromatic heterocycles. The van der Waals surface area contributed by atoms with Crippen molar-refractivity contribution in [2.75, 3.05) is 25.6 Å². The minimum Gasteiger partial charge on any atom is -0.495 e. The minimum atomic E-state index is -0.217. The number of aliphatic imine (C=N–C) groups is 1. The molecule has 1 saturated heterocycles. The normalized spacial score (nSPS) is 16.7. The highest BCUT2D eigenvalue weighted by Gasteiger charge is 2.17. The van der Waals surface area contributed by atoms with E-state index in [4.69, 9.17) is 9.47 Å². The van der Waals surface area contributed by atoms with Crippen molar-refractivity contribution in [3.05, 3.63) is 59.2 Å². The van der Waals surface area contributed by atoms with E-state index in [1.165, 1.54) is 0 Å². The van der Waals surface area contributed by atoms with Crippen molar-refractivity contribution < 1.29 is 14.3 Å². The number of carbonyl (C=O) groups is 1. The number of aryl methyl sites for hydroxylation is 2. The number of carbonyl (C=O) groups excluding carboxylic acids is 1. The van der Waals surface area contributed by atoms with E-state index in [2.05, 4.69) is 15.6 Å². The van der Waals surface area contributed by atoms with E-state index in [1.54, 1.807) is 19.2 Å². The third-order valence-corrected chi connectivity index (χ3v) is 4.63. The van der Waals surface area contributed by atoms with Gasteiger partial charge in [-0.15, -0.1) is 0 Å². The highest BCUT2D eigenvalue weighted by atomic mass is 16.5. The topological polar surface area (TPSA) is 71.9 Å². The maximum Gasteiger partial charge on any atom is 0.257 e. The zero-order valence-electron chi connectivity index (χ0n) is 16.6. The van der Waals surface area contributed by atoms with Crippen molar-refractivity contribution in [2.45, 2.75) is 32.8 Å². The predicted molar refractivity (Wildman–Crippen MR) is 111 cm³/mol. The van der Waals surface area contributed by atoms with Crippen molar-refractivity contribution in [3.8, 4) is 5.75 Å². The molecule has 0 aliphatic carbocycles. The van der Waals surface area contributed by atoms with Gasteiger partial charge in [0.1, 0.15) is 5.75 Å². The molecule has 0 bridgehead atoms. The molecule has 1 fully saturated rings. The summed E-state index contributed by atoms with van der Waals surface area (Å²) < 4.78 is 11.1. The van der Waals surface area contributed by atoms with Crippen LogP contribution in [-0.2, 0) is 4.74 Å². The smallest absolute Gasteiger partial charge is 0.257 e. The molecular weight excluding hydrogens is 354 g/mol. The number of rotatable bonds is 5. The maximum absolute atomic E-state index is 12.7. The first-order valence-corrected chi connectivity index (χ1v) is 9.51. The Morgan fingerprint density at radius 2 is 1.93 bits per heavy atom. The van der Waals surface area contributed by atoms with E-state index in [-0.39, 0.29) is 12.0 Å². The van der Waals surface area contributed by atoms with Gasteiger partial charge in [0.25, 0.3) is 5.91 Å². The van der Waals surface area contributed by atoms with Gasteiger partial charge in [-0.1, -0.05) is 23.8 Å². The average molecular weight is 381 g/mol. The standard InChI is InChI=1S/C22H27N3O3/c1-15-6-9-17(10-7-15)21(26)25-22(23-14-18-5-4-12-28-18)24-19-13-16(2)8-11-20(19)27-3/h6-11,13,18H,4-5,12,14H2,1-3H3,(H2,23,24,25,26)/t18-/m1/s1. The fourth-order valence-electron chi connectivity index (χ4n) is 3.02. The van der Waals surface area contributed by atoms with Gasteiger partial charge in [0, 0.05) is 12.2 Å². The second-order valence-corrected chi connectivity index (χ2v) is 6.97. The second kappa shape index (κ2) is 9.37. The van der Waals surface area contributed by atoms with Gasteiger partial charge in [0.2, 0.25) is 5.96 Å².